The topological polar surface area (TPSA) is 83.6 Å². The number of nitrogens with one attached hydrogen (secondary N) is 1. The van der Waals surface area contributed by atoms with Gasteiger partial charge in [0, 0.05) is 40.9 Å². The Morgan fingerprint density at radius 1 is 1.00 bits per heavy atom. The first-order valence-electron chi connectivity index (χ1n) is 16.5. The molecule has 5 heterocycles. The van der Waals surface area contributed by atoms with Crippen molar-refractivity contribution in [2.45, 2.75) is 44.3 Å². The first-order valence-corrected chi connectivity index (χ1v) is 17.3. The molecule has 0 aromatic heterocycles. The van der Waals surface area contributed by atoms with Crippen molar-refractivity contribution in [1.29, 1.82) is 0 Å². The standard InChI is InChI=1S/C36H37Cl2FN4O5/c1-46-35(45)27-13-30(39)26(14-31(27)43-22-5-6-23(43)17-47-16-22)25-4-2-3-21-15-41(20-48-33(21)25)34(44)32-28(37)11-24(12-29(32)38)42-18-36(19-42)7-9-40-10-8-36/h2-4,11-14,22-23,40H,5-10,15-20H2,1H3. The molecule has 1 amide bonds. The van der Waals surface area contributed by atoms with Gasteiger partial charge in [-0.2, -0.15) is 0 Å². The van der Waals surface area contributed by atoms with Crippen molar-refractivity contribution in [3.8, 4) is 16.9 Å². The number of nitrogens with zero attached hydrogens (tertiary/aromatic N) is 3. The second-order valence-corrected chi connectivity index (χ2v) is 14.4. The predicted molar refractivity (Wildman–Crippen MR) is 182 cm³/mol. The second-order valence-electron chi connectivity index (χ2n) is 13.6. The highest BCUT2D eigenvalue weighted by Crippen LogP contribution is 2.45. The summed E-state index contributed by atoms with van der Waals surface area (Å²) in [5.41, 5.74) is 3.85. The van der Waals surface area contributed by atoms with Gasteiger partial charge in [-0.05, 0) is 63.0 Å². The van der Waals surface area contributed by atoms with Gasteiger partial charge >= 0.3 is 5.97 Å². The van der Waals surface area contributed by atoms with E-state index in [4.69, 9.17) is 37.4 Å². The lowest BCUT2D eigenvalue weighted by atomic mass is 9.72. The number of methoxy groups -OCH3 is 1. The highest BCUT2D eigenvalue weighted by atomic mass is 35.5. The highest BCUT2D eigenvalue weighted by molar-refractivity contribution is 6.40. The molecule has 0 saturated carbocycles. The van der Waals surface area contributed by atoms with Crippen LogP contribution in [0.4, 0.5) is 15.8 Å². The number of hydrogen-bond donors (Lipinski definition) is 1. The first kappa shape index (κ1) is 31.7. The van der Waals surface area contributed by atoms with Crippen molar-refractivity contribution < 1.29 is 28.2 Å². The molecule has 2 unspecified atom stereocenters. The molecule has 2 atom stereocenters. The van der Waals surface area contributed by atoms with Gasteiger partial charge in [-0.3, -0.25) is 4.79 Å². The number of carbonyl (C=O) groups is 2. The van der Waals surface area contributed by atoms with E-state index in [-0.39, 0.29) is 42.4 Å². The van der Waals surface area contributed by atoms with Gasteiger partial charge in [0.25, 0.3) is 5.91 Å². The average Bonchev–Trinajstić information content (AvgIpc) is 3.32. The Morgan fingerprint density at radius 2 is 1.71 bits per heavy atom. The monoisotopic (exact) mass is 694 g/mol. The third-order valence-electron chi connectivity index (χ3n) is 10.7. The van der Waals surface area contributed by atoms with Crippen LogP contribution in [0.2, 0.25) is 10.0 Å². The smallest absolute Gasteiger partial charge is 0.340 e. The lowest BCUT2D eigenvalue weighted by molar-refractivity contribution is 0.0515. The number of rotatable bonds is 5. The van der Waals surface area contributed by atoms with Gasteiger partial charge < -0.3 is 34.2 Å². The summed E-state index contributed by atoms with van der Waals surface area (Å²) in [6.07, 6.45) is 4.17. The lowest BCUT2D eigenvalue weighted by Gasteiger charge is -2.53. The summed E-state index contributed by atoms with van der Waals surface area (Å²) < 4.78 is 32.9. The van der Waals surface area contributed by atoms with E-state index in [9.17, 15) is 9.59 Å². The minimum absolute atomic E-state index is 0.0672. The lowest BCUT2D eigenvalue weighted by Crippen LogP contribution is -2.60. The number of halogens is 3. The van der Waals surface area contributed by atoms with Crippen LogP contribution in [0.1, 0.15) is 52.0 Å². The Kier molecular flexibility index (Phi) is 8.18. The van der Waals surface area contributed by atoms with E-state index in [0.717, 1.165) is 57.5 Å². The van der Waals surface area contributed by atoms with Gasteiger partial charge in [-0.15, -0.1) is 0 Å². The Labute approximate surface area is 288 Å². The summed E-state index contributed by atoms with van der Waals surface area (Å²) in [4.78, 5) is 32.6. The maximum atomic E-state index is 15.9. The molecule has 4 fully saturated rings. The number of piperidine rings is 1. The van der Waals surface area contributed by atoms with Gasteiger partial charge in [0.15, 0.2) is 6.73 Å². The van der Waals surface area contributed by atoms with Gasteiger partial charge in [-0.25, -0.2) is 9.18 Å². The Balaban J connectivity index is 1.06. The molecule has 12 heteroatoms. The number of fused-ring (bicyclic) bond motifs is 3. The van der Waals surface area contributed by atoms with Crippen LogP contribution in [-0.4, -0.2) is 82.1 Å². The Morgan fingerprint density at radius 3 is 2.40 bits per heavy atom. The maximum absolute atomic E-state index is 15.9. The number of amides is 1. The van der Waals surface area contributed by atoms with Crippen LogP contribution in [0.25, 0.3) is 11.1 Å². The molecule has 48 heavy (non-hydrogen) atoms. The van der Waals surface area contributed by atoms with Crippen LogP contribution in [0.5, 0.6) is 5.75 Å². The van der Waals surface area contributed by atoms with Gasteiger partial charge in [0.1, 0.15) is 11.6 Å². The van der Waals surface area contributed by atoms with Crippen LogP contribution in [0, 0.1) is 11.2 Å². The van der Waals surface area contributed by atoms with Crippen molar-refractivity contribution >= 4 is 46.5 Å². The molecule has 9 nitrogen and oxygen atoms in total. The van der Waals surface area contributed by atoms with Gasteiger partial charge in [-0.1, -0.05) is 41.4 Å². The zero-order valence-corrected chi connectivity index (χ0v) is 28.2. The fraction of sp³-hybridized carbons (Fsp3) is 0.444. The minimum atomic E-state index is -0.595. The number of benzene rings is 3. The summed E-state index contributed by atoms with van der Waals surface area (Å²) in [7, 11) is 1.30. The van der Waals surface area contributed by atoms with Crippen LogP contribution in [0.3, 0.4) is 0 Å². The molecule has 4 saturated heterocycles. The van der Waals surface area contributed by atoms with Crippen LogP contribution in [0.15, 0.2) is 42.5 Å². The summed E-state index contributed by atoms with van der Waals surface area (Å²) >= 11 is 13.5. The summed E-state index contributed by atoms with van der Waals surface area (Å²) in [6.45, 7) is 5.24. The minimum Gasteiger partial charge on any atom is -0.472 e. The molecule has 1 N–H and O–H groups in total. The van der Waals surface area contributed by atoms with E-state index in [1.54, 1.807) is 17.0 Å². The quantitative estimate of drug-likeness (QED) is 0.319. The molecule has 2 bridgehead atoms. The molecule has 252 valence electrons. The summed E-state index contributed by atoms with van der Waals surface area (Å²) in [6, 6.07) is 12.3. The van der Waals surface area contributed by atoms with E-state index in [2.05, 4.69) is 15.1 Å². The number of hydrogen-bond acceptors (Lipinski definition) is 8. The molecule has 0 radical (unpaired) electrons. The van der Waals surface area contributed by atoms with E-state index in [0.29, 0.717) is 56.8 Å². The number of para-hydroxylation sites is 1. The Hall–Kier alpha value is -3.57. The molecule has 8 rings (SSSR count). The number of morpholine rings is 1. The molecule has 0 aliphatic carbocycles. The van der Waals surface area contributed by atoms with Crippen LogP contribution in [-0.2, 0) is 16.0 Å². The third kappa shape index (κ3) is 5.37. The fourth-order valence-electron chi connectivity index (χ4n) is 8.22. The van der Waals surface area contributed by atoms with Crippen molar-refractivity contribution in [1.82, 2.24) is 10.2 Å². The second kappa shape index (κ2) is 12.4. The molecular weight excluding hydrogens is 658 g/mol. The summed E-state index contributed by atoms with van der Waals surface area (Å²) in [5.74, 6) is -1.02. The van der Waals surface area contributed by atoms with Crippen LogP contribution < -0.4 is 19.9 Å². The first-order chi connectivity index (χ1) is 23.2. The maximum Gasteiger partial charge on any atom is 0.340 e. The van der Waals surface area contributed by atoms with Crippen molar-refractivity contribution in [2.24, 2.45) is 5.41 Å². The van der Waals surface area contributed by atoms with Gasteiger partial charge in [0.05, 0.1) is 65.8 Å². The van der Waals surface area contributed by atoms with Crippen molar-refractivity contribution in [3.05, 3.63) is 75.0 Å². The average molecular weight is 696 g/mol. The number of carbonyl (C=O) groups excluding carboxylic acids is 2. The molecule has 5 aliphatic heterocycles. The summed E-state index contributed by atoms with van der Waals surface area (Å²) in [5, 5.41) is 4.02. The molecule has 3 aromatic carbocycles. The molecule has 5 aliphatic rings. The SMILES string of the molecule is COC(=O)c1cc(F)c(-c2cccc3c2OCN(C(=O)c2c(Cl)cc(N4CC5(CCNCC5)C4)cc2Cl)C3)cc1N1C2CCC1COC2. The number of anilines is 2. The zero-order chi connectivity index (χ0) is 33.2. The highest BCUT2D eigenvalue weighted by Gasteiger charge is 2.44. The van der Waals surface area contributed by atoms with E-state index >= 15 is 4.39 Å². The number of ether oxygens (including phenoxy) is 3. The molecule has 1 spiro atoms. The zero-order valence-electron chi connectivity index (χ0n) is 26.7. The third-order valence-corrected chi connectivity index (χ3v) is 11.3. The number of esters is 1. The largest absolute Gasteiger partial charge is 0.472 e. The van der Waals surface area contributed by atoms with Gasteiger partial charge in [0.2, 0.25) is 0 Å². The fourth-order valence-corrected chi connectivity index (χ4v) is 8.85. The predicted octanol–water partition coefficient (Wildman–Crippen LogP) is 6.14. The van der Waals surface area contributed by atoms with Crippen molar-refractivity contribution in [3.63, 3.8) is 0 Å². The van der Waals surface area contributed by atoms with Crippen LogP contribution >= 0.6 is 23.2 Å². The molecule has 3 aromatic rings. The van der Waals surface area contributed by atoms with E-state index in [1.807, 2.05) is 24.3 Å². The van der Waals surface area contributed by atoms with E-state index in [1.165, 1.54) is 13.2 Å². The van der Waals surface area contributed by atoms with E-state index < -0.39 is 11.8 Å². The normalized spacial score (nSPS) is 22.6. The molecular formula is C36H37Cl2FN4O5. The Bertz CT molecular complexity index is 1750. The van der Waals surface area contributed by atoms with Crippen molar-refractivity contribution in [2.75, 3.05) is 63.0 Å².